The monoisotopic (exact) mass is 335 g/mol. The van der Waals surface area contributed by atoms with Crippen LogP contribution in [0.5, 0.6) is 5.75 Å². The highest BCUT2D eigenvalue weighted by Crippen LogP contribution is 2.28. The van der Waals surface area contributed by atoms with Crippen molar-refractivity contribution in [2.75, 3.05) is 26.8 Å². The molecular weight excluding hydrogens is 306 g/mol. The van der Waals surface area contributed by atoms with E-state index in [1.807, 2.05) is 43.0 Å². The van der Waals surface area contributed by atoms with Crippen LogP contribution in [0.4, 0.5) is 0 Å². The summed E-state index contributed by atoms with van der Waals surface area (Å²) in [5.41, 5.74) is 1.19. The highest BCUT2D eigenvalue weighted by Gasteiger charge is 2.34. The maximum atomic E-state index is 12.7. The Morgan fingerprint density at radius 3 is 2.62 bits per heavy atom. The normalized spacial score (nSPS) is 23.8. The van der Waals surface area contributed by atoms with Gasteiger partial charge in [0, 0.05) is 19.6 Å². The van der Waals surface area contributed by atoms with Crippen molar-refractivity contribution in [2.24, 2.45) is 5.92 Å². The van der Waals surface area contributed by atoms with E-state index in [0.29, 0.717) is 32.5 Å². The molecule has 3 atom stereocenters. The van der Waals surface area contributed by atoms with Crippen LogP contribution in [0.1, 0.15) is 31.7 Å². The number of carbonyl (C=O) groups excluding carboxylic acids is 1. The van der Waals surface area contributed by atoms with Crippen LogP contribution in [0.2, 0.25) is 0 Å². The molecule has 5 heteroatoms. The Labute approximate surface area is 144 Å². The lowest BCUT2D eigenvalue weighted by atomic mass is 9.84. The van der Waals surface area contributed by atoms with E-state index in [0.717, 1.165) is 12.2 Å². The van der Waals surface area contributed by atoms with Crippen LogP contribution in [0.3, 0.4) is 0 Å². The summed E-state index contributed by atoms with van der Waals surface area (Å²) in [5.74, 6) is 0.890. The summed E-state index contributed by atoms with van der Waals surface area (Å²) in [6.07, 6.45) is 1.22. The molecule has 2 rings (SSSR count). The first-order chi connectivity index (χ1) is 11.5. The van der Waals surface area contributed by atoms with Crippen molar-refractivity contribution in [2.45, 2.75) is 45.3 Å². The van der Waals surface area contributed by atoms with Crippen molar-refractivity contribution >= 4 is 5.91 Å². The minimum Gasteiger partial charge on any atom is -0.492 e. The molecule has 1 fully saturated rings. The van der Waals surface area contributed by atoms with E-state index in [-0.39, 0.29) is 17.9 Å². The van der Waals surface area contributed by atoms with Crippen LogP contribution in [0, 0.1) is 12.8 Å². The predicted molar refractivity (Wildman–Crippen MR) is 93.1 cm³/mol. The molecule has 134 valence electrons. The number of amides is 1. The average Bonchev–Trinajstić information content (AvgIpc) is 2.60. The first-order valence-corrected chi connectivity index (χ1v) is 8.74. The largest absolute Gasteiger partial charge is 0.492 e. The fourth-order valence-electron chi connectivity index (χ4n) is 3.18. The highest BCUT2D eigenvalue weighted by molar-refractivity contribution is 5.79. The van der Waals surface area contributed by atoms with Gasteiger partial charge in [-0.15, -0.1) is 0 Å². The lowest BCUT2D eigenvalue weighted by Crippen LogP contribution is -2.44. The molecule has 1 N–H and O–H groups in total. The van der Waals surface area contributed by atoms with Gasteiger partial charge in [-0.2, -0.15) is 0 Å². The molecule has 1 aromatic rings. The number of aliphatic hydroxyl groups is 1. The van der Waals surface area contributed by atoms with Crippen molar-refractivity contribution < 1.29 is 19.4 Å². The molecule has 1 amide bonds. The molecule has 0 radical (unpaired) electrons. The van der Waals surface area contributed by atoms with Gasteiger partial charge in [-0.25, -0.2) is 0 Å². The summed E-state index contributed by atoms with van der Waals surface area (Å²) in [4.78, 5) is 14.6. The fraction of sp³-hybridized carbons (Fsp3) is 0.632. The van der Waals surface area contributed by atoms with E-state index >= 15 is 0 Å². The van der Waals surface area contributed by atoms with E-state index in [2.05, 4.69) is 0 Å². The van der Waals surface area contributed by atoms with Crippen LogP contribution < -0.4 is 4.74 Å². The molecule has 0 bridgehead atoms. The lowest BCUT2D eigenvalue weighted by Gasteiger charge is -2.34. The quantitative estimate of drug-likeness (QED) is 0.831. The van der Waals surface area contributed by atoms with Crippen LogP contribution in [-0.2, 0) is 9.53 Å². The van der Waals surface area contributed by atoms with Gasteiger partial charge in [-0.05, 0) is 45.2 Å². The van der Waals surface area contributed by atoms with Crippen molar-refractivity contribution in [1.82, 2.24) is 4.90 Å². The Morgan fingerprint density at radius 1 is 1.29 bits per heavy atom. The van der Waals surface area contributed by atoms with E-state index < -0.39 is 6.10 Å². The van der Waals surface area contributed by atoms with Gasteiger partial charge >= 0.3 is 0 Å². The summed E-state index contributed by atoms with van der Waals surface area (Å²) in [7, 11) is 1.59. The van der Waals surface area contributed by atoms with Gasteiger partial charge in [0.25, 0.3) is 0 Å². The van der Waals surface area contributed by atoms with E-state index in [4.69, 9.17) is 9.47 Å². The minimum atomic E-state index is -0.459. The van der Waals surface area contributed by atoms with Gasteiger partial charge in [0.15, 0.2) is 0 Å². The molecule has 24 heavy (non-hydrogen) atoms. The number of carbonyl (C=O) groups is 1. The zero-order valence-electron chi connectivity index (χ0n) is 14.9. The molecular formula is C19H29NO4. The fourth-order valence-corrected chi connectivity index (χ4v) is 3.18. The number of hydrogen-bond acceptors (Lipinski definition) is 4. The third kappa shape index (κ3) is 4.95. The molecule has 0 aliphatic heterocycles. The zero-order valence-corrected chi connectivity index (χ0v) is 14.9. The number of nitrogens with zero attached hydrogens (tertiary/aromatic N) is 1. The number of hydrogen-bond donors (Lipinski definition) is 1. The van der Waals surface area contributed by atoms with E-state index in [1.165, 1.54) is 5.56 Å². The highest BCUT2D eigenvalue weighted by atomic mass is 16.5. The topological polar surface area (TPSA) is 59.0 Å². The van der Waals surface area contributed by atoms with Crippen molar-refractivity contribution in [1.29, 1.82) is 0 Å². The first-order valence-electron chi connectivity index (χ1n) is 8.74. The smallest absolute Gasteiger partial charge is 0.225 e. The number of ether oxygens (including phenoxy) is 2. The van der Waals surface area contributed by atoms with Crippen LogP contribution in [0.15, 0.2) is 24.3 Å². The Morgan fingerprint density at radius 2 is 2.00 bits per heavy atom. The molecule has 0 spiro atoms. The number of benzene rings is 1. The van der Waals surface area contributed by atoms with Gasteiger partial charge < -0.3 is 19.5 Å². The Hall–Kier alpha value is -1.59. The van der Waals surface area contributed by atoms with Gasteiger partial charge in [0.1, 0.15) is 12.4 Å². The Bertz CT molecular complexity index is 517. The summed E-state index contributed by atoms with van der Waals surface area (Å²) < 4.78 is 11.0. The molecule has 5 nitrogen and oxygen atoms in total. The van der Waals surface area contributed by atoms with E-state index in [9.17, 15) is 9.90 Å². The summed E-state index contributed by atoms with van der Waals surface area (Å²) in [6, 6.07) is 7.91. The van der Waals surface area contributed by atoms with Crippen molar-refractivity contribution in [3.8, 4) is 5.75 Å². The van der Waals surface area contributed by atoms with Crippen LogP contribution in [-0.4, -0.2) is 54.9 Å². The maximum Gasteiger partial charge on any atom is 0.225 e. The van der Waals surface area contributed by atoms with Gasteiger partial charge in [-0.3, -0.25) is 4.79 Å². The summed E-state index contributed by atoms with van der Waals surface area (Å²) >= 11 is 0. The van der Waals surface area contributed by atoms with Gasteiger partial charge in [0.2, 0.25) is 5.91 Å². The molecule has 0 heterocycles. The average molecular weight is 335 g/mol. The zero-order chi connectivity index (χ0) is 17.5. The van der Waals surface area contributed by atoms with Crippen LogP contribution in [0.25, 0.3) is 0 Å². The standard InChI is InChI=1S/C19H29NO4/c1-4-20(11-12-24-16-8-5-14(2)6-9-16)19(22)15-7-10-17(21)18(13-15)23-3/h5-6,8-9,15,17-18,21H,4,7,10-13H2,1-3H3/t15-,17+,18-/m1/s1. The second-order valence-electron chi connectivity index (χ2n) is 6.43. The van der Waals surface area contributed by atoms with Crippen molar-refractivity contribution in [3.05, 3.63) is 29.8 Å². The lowest BCUT2D eigenvalue weighted by molar-refractivity contribution is -0.141. The summed E-state index contributed by atoms with van der Waals surface area (Å²) in [5, 5.41) is 9.88. The van der Waals surface area contributed by atoms with Crippen LogP contribution >= 0.6 is 0 Å². The molecule has 1 aliphatic rings. The SMILES string of the molecule is CCN(CCOc1ccc(C)cc1)C(=O)[C@@H]1CC[C@H](O)[C@H](OC)C1. The second kappa shape index (κ2) is 9.04. The molecule has 1 aliphatic carbocycles. The summed E-state index contributed by atoms with van der Waals surface area (Å²) in [6.45, 7) is 5.73. The third-order valence-electron chi connectivity index (χ3n) is 4.75. The number of methoxy groups -OCH3 is 1. The first kappa shape index (κ1) is 18.7. The third-order valence-corrected chi connectivity index (χ3v) is 4.75. The predicted octanol–water partition coefficient (Wildman–Crippen LogP) is 2.40. The van der Waals surface area contributed by atoms with E-state index in [1.54, 1.807) is 7.11 Å². The number of aliphatic hydroxyl groups excluding tert-OH is 1. The molecule has 1 saturated carbocycles. The van der Waals surface area contributed by atoms with Gasteiger partial charge in [0.05, 0.1) is 18.8 Å². The number of rotatable bonds is 7. The molecule has 0 unspecified atom stereocenters. The maximum absolute atomic E-state index is 12.7. The number of aryl methyl sites for hydroxylation is 1. The van der Waals surface area contributed by atoms with Crippen molar-refractivity contribution in [3.63, 3.8) is 0 Å². The minimum absolute atomic E-state index is 0.0716. The molecule has 0 aromatic heterocycles. The second-order valence-corrected chi connectivity index (χ2v) is 6.43. The molecule has 0 saturated heterocycles. The Balaban J connectivity index is 1.83. The number of likely N-dealkylation sites (N-methyl/N-ethyl adjacent to an activating group) is 1. The molecule has 1 aromatic carbocycles. The Kier molecular flexibility index (Phi) is 7.06. The van der Waals surface area contributed by atoms with Gasteiger partial charge in [-0.1, -0.05) is 17.7 Å².